The minimum Gasteiger partial charge on any atom is -0.356 e. The molecule has 0 atom stereocenters. The van der Waals surface area contributed by atoms with E-state index in [4.69, 9.17) is 4.52 Å². The topological polar surface area (TPSA) is 90.8 Å². The summed E-state index contributed by atoms with van der Waals surface area (Å²) < 4.78 is 9.17. The van der Waals surface area contributed by atoms with E-state index < -0.39 is 0 Å². The van der Waals surface area contributed by atoms with Crippen molar-refractivity contribution in [1.29, 1.82) is 0 Å². The first-order valence-corrected chi connectivity index (χ1v) is 10.8. The Labute approximate surface area is 178 Å². The fourth-order valence-corrected chi connectivity index (χ4v) is 4.14. The molecule has 0 aromatic carbocycles. The molecule has 4 rings (SSSR count). The first-order valence-electron chi connectivity index (χ1n) is 9.92. The number of hydrogen-bond acceptors (Lipinski definition) is 6. The lowest BCUT2D eigenvalue weighted by molar-refractivity contribution is 0.0951. The van der Waals surface area contributed by atoms with Crippen LogP contribution in [0.15, 0.2) is 40.5 Å². The van der Waals surface area contributed by atoms with Crippen LogP contribution in [0.4, 0.5) is 0 Å². The summed E-state index contributed by atoms with van der Waals surface area (Å²) in [5, 5.41) is 17.9. The number of hydrogen-bond donors (Lipinski definition) is 1. The van der Waals surface area contributed by atoms with Gasteiger partial charge in [0, 0.05) is 25.4 Å². The summed E-state index contributed by atoms with van der Waals surface area (Å²) in [6.07, 6.45) is 4.57. The number of carbonyl (C=O) groups excluding carboxylic acids is 1. The van der Waals surface area contributed by atoms with Gasteiger partial charge in [-0.2, -0.15) is 10.2 Å². The van der Waals surface area contributed by atoms with Gasteiger partial charge >= 0.3 is 0 Å². The summed E-state index contributed by atoms with van der Waals surface area (Å²) in [5.74, 6) is 0.566. The average molecular weight is 425 g/mol. The van der Waals surface area contributed by atoms with Crippen molar-refractivity contribution in [3.05, 3.63) is 52.9 Å². The van der Waals surface area contributed by atoms with E-state index in [2.05, 4.69) is 33.7 Å². The number of rotatable bonds is 8. The Morgan fingerprint density at radius 1 is 1.30 bits per heavy atom. The fourth-order valence-electron chi connectivity index (χ4n) is 3.35. The van der Waals surface area contributed by atoms with Crippen LogP contribution in [0.1, 0.15) is 35.1 Å². The minimum atomic E-state index is -0.120. The highest BCUT2D eigenvalue weighted by molar-refractivity contribution is 7.13. The Hall–Kier alpha value is -3.20. The molecule has 30 heavy (non-hydrogen) atoms. The van der Waals surface area contributed by atoms with Crippen molar-refractivity contribution in [2.24, 2.45) is 0 Å². The molecule has 0 aliphatic heterocycles. The molecule has 0 radical (unpaired) electrons. The zero-order valence-electron chi connectivity index (χ0n) is 17.3. The van der Waals surface area contributed by atoms with Crippen LogP contribution in [-0.4, -0.2) is 37.2 Å². The molecule has 0 saturated heterocycles. The van der Waals surface area contributed by atoms with Gasteiger partial charge in [0.15, 0.2) is 5.76 Å². The highest BCUT2D eigenvalue weighted by Gasteiger charge is 2.19. The van der Waals surface area contributed by atoms with Crippen molar-refractivity contribution in [2.75, 3.05) is 6.54 Å². The summed E-state index contributed by atoms with van der Waals surface area (Å²) >= 11 is 1.64. The van der Waals surface area contributed by atoms with Gasteiger partial charge in [0.2, 0.25) is 0 Å². The molecule has 0 saturated carbocycles. The van der Waals surface area contributed by atoms with E-state index >= 15 is 0 Å². The Bertz CT molecular complexity index is 1140. The second kappa shape index (κ2) is 8.66. The van der Waals surface area contributed by atoms with Crippen LogP contribution in [0.25, 0.3) is 21.9 Å². The van der Waals surface area contributed by atoms with Gasteiger partial charge in [-0.25, -0.2) is 0 Å². The summed E-state index contributed by atoms with van der Waals surface area (Å²) in [4.78, 5) is 13.7. The Kier molecular flexibility index (Phi) is 5.80. The molecule has 0 aliphatic carbocycles. The zero-order valence-corrected chi connectivity index (χ0v) is 18.1. The lowest BCUT2D eigenvalue weighted by Gasteiger charge is -2.09. The molecule has 0 spiro atoms. The van der Waals surface area contributed by atoms with Gasteiger partial charge in [0.05, 0.1) is 45.8 Å². The summed E-state index contributed by atoms with van der Waals surface area (Å²) in [6, 6.07) is 5.96. The highest BCUT2D eigenvalue weighted by atomic mass is 32.1. The lowest BCUT2D eigenvalue weighted by atomic mass is 10.1. The molecule has 4 heterocycles. The lowest BCUT2D eigenvalue weighted by Crippen LogP contribution is -2.28. The van der Waals surface area contributed by atoms with Crippen molar-refractivity contribution in [1.82, 2.24) is 30.0 Å². The predicted octanol–water partition coefficient (Wildman–Crippen LogP) is 3.92. The number of aromatic nitrogens is 5. The van der Waals surface area contributed by atoms with E-state index in [1.807, 2.05) is 46.9 Å². The number of aryl methyl sites for hydroxylation is 3. The molecule has 1 N–H and O–H groups in total. The molecule has 4 aromatic heterocycles. The molecule has 0 fully saturated rings. The van der Waals surface area contributed by atoms with Crippen molar-refractivity contribution in [2.45, 2.75) is 40.3 Å². The van der Waals surface area contributed by atoms with Crippen LogP contribution in [0.2, 0.25) is 0 Å². The molecule has 0 aliphatic rings. The normalized spacial score (nSPS) is 11.2. The maximum atomic E-state index is 12.6. The van der Waals surface area contributed by atoms with E-state index in [-0.39, 0.29) is 5.91 Å². The maximum Gasteiger partial charge on any atom is 0.254 e. The van der Waals surface area contributed by atoms with Crippen molar-refractivity contribution in [3.63, 3.8) is 0 Å². The third kappa shape index (κ3) is 4.06. The second-order valence-corrected chi connectivity index (χ2v) is 8.03. The number of thiophene rings is 1. The Morgan fingerprint density at radius 3 is 2.87 bits per heavy atom. The van der Waals surface area contributed by atoms with E-state index in [0.717, 1.165) is 40.5 Å². The largest absolute Gasteiger partial charge is 0.356 e. The molecule has 8 nitrogen and oxygen atoms in total. The average Bonchev–Trinajstić information content (AvgIpc) is 3.48. The number of nitrogens with zero attached hydrogens (tertiary/aromatic N) is 5. The van der Waals surface area contributed by atoms with E-state index in [1.165, 1.54) is 0 Å². The van der Waals surface area contributed by atoms with Crippen LogP contribution in [0, 0.1) is 13.8 Å². The maximum absolute atomic E-state index is 12.6. The van der Waals surface area contributed by atoms with Crippen LogP contribution >= 0.6 is 11.3 Å². The van der Waals surface area contributed by atoms with Crippen LogP contribution in [-0.2, 0) is 13.1 Å². The summed E-state index contributed by atoms with van der Waals surface area (Å²) in [6.45, 7) is 7.62. The first kappa shape index (κ1) is 20.1. The summed E-state index contributed by atoms with van der Waals surface area (Å²) in [5.41, 5.74) is 4.02. The van der Waals surface area contributed by atoms with Crippen LogP contribution in [0.5, 0.6) is 0 Å². The molecule has 1 amide bonds. The summed E-state index contributed by atoms with van der Waals surface area (Å²) in [7, 11) is 0. The monoisotopic (exact) mass is 424 g/mol. The first-order chi connectivity index (χ1) is 14.6. The van der Waals surface area contributed by atoms with E-state index in [1.54, 1.807) is 17.5 Å². The van der Waals surface area contributed by atoms with Crippen molar-refractivity contribution in [3.8, 4) is 21.9 Å². The number of nitrogens with one attached hydrogen (secondary N) is 1. The third-order valence-electron chi connectivity index (χ3n) is 4.74. The van der Waals surface area contributed by atoms with Gasteiger partial charge in [-0.05, 0) is 31.7 Å². The molecule has 156 valence electrons. The van der Waals surface area contributed by atoms with Crippen molar-refractivity contribution >= 4 is 17.2 Å². The highest BCUT2D eigenvalue weighted by Crippen LogP contribution is 2.34. The molecule has 4 aromatic rings. The van der Waals surface area contributed by atoms with Gasteiger partial charge < -0.3 is 9.84 Å². The van der Waals surface area contributed by atoms with Gasteiger partial charge in [-0.15, -0.1) is 11.3 Å². The smallest absolute Gasteiger partial charge is 0.254 e. The molecular formula is C21H24N6O2S. The van der Waals surface area contributed by atoms with Gasteiger partial charge in [0.25, 0.3) is 5.91 Å². The van der Waals surface area contributed by atoms with Crippen LogP contribution < -0.4 is 5.32 Å². The zero-order chi connectivity index (χ0) is 21.1. The molecular weight excluding hydrogens is 400 g/mol. The van der Waals surface area contributed by atoms with Gasteiger partial charge in [0.1, 0.15) is 0 Å². The molecule has 0 unspecified atom stereocenters. The predicted molar refractivity (Wildman–Crippen MR) is 115 cm³/mol. The van der Waals surface area contributed by atoms with E-state index in [9.17, 15) is 4.79 Å². The molecule has 0 bridgehead atoms. The SMILES string of the molecule is CCCn1cc(C(=O)NCCn2ncc(-c3cc(C)no3)c2-c2cccs2)c(C)n1. The second-order valence-electron chi connectivity index (χ2n) is 7.09. The number of amides is 1. The van der Waals surface area contributed by atoms with Gasteiger partial charge in [-0.3, -0.25) is 14.2 Å². The quantitative estimate of drug-likeness (QED) is 0.463. The number of carbonyl (C=O) groups is 1. The van der Waals surface area contributed by atoms with Crippen molar-refractivity contribution < 1.29 is 9.32 Å². The van der Waals surface area contributed by atoms with Crippen LogP contribution in [0.3, 0.4) is 0 Å². The van der Waals surface area contributed by atoms with E-state index in [0.29, 0.717) is 24.4 Å². The Balaban J connectivity index is 1.50. The Morgan fingerprint density at radius 2 is 2.17 bits per heavy atom. The minimum absolute atomic E-state index is 0.120. The standard InChI is InChI=1S/C21H24N6O2S/c1-4-8-26-13-17(15(3)24-26)21(28)22-7-9-27-20(19-6-5-10-30-19)16(12-23-27)18-11-14(2)25-29-18/h5-6,10-13H,4,7-9H2,1-3H3,(H,22,28). The molecule has 9 heteroatoms. The third-order valence-corrected chi connectivity index (χ3v) is 5.62. The van der Waals surface area contributed by atoms with Gasteiger partial charge in [-0.1, -0.05) is 18.1 Å². The fraction of sp³-hybridized carbons (Fsp3) is 0.333.